The van der Waals surface area contributed by atoms with Crippen molar-refractivity contribution < 1.29 is 17.6 Å². The van der Waals surface area contributed by atoms with Gasteiger partial charge in [-0.3, -0.25) is 0 Å². The van der Waals surface area contributed by atoms with E-state index in [1.807, 2.05) is 88.9 Å². The van der Waals surface area contributed by atoms with Crippen LogP contribution in [0.4, 0.5) is 34.6 Å². The van der Waals surface area contributed by atoms with Gasteiger partial charge in [-0.1, -0.05) is 54.1 Å². The molecule has 50 heavy (non-hydrogen) atoms. The Morgan fingerprint density at radius 1 is 0.380 bits per heavy atom. The Labute approximate surface area is 284 Å². The lowest BCUT2D eigenvalue weighted by atomic mass is 10.1. The van der Waals surface area contributed by atoms with E-state index in [1.54, 1.807) is 12.1 Å². The predicted molar refractivity (Wildman–Crippen MR) is 194 cm³/mol. The Bertz CT molecular complexity index is 2610. The Kier molecular flexibility index (Phi) is 6.78. The van der Waals surface area contributed by atoms with Crippen molar-refractivity contribution in [1.29, 1.82) is 0 Å². The van der Waals surface area contributed by atoms with Crippen molar-refractivity contribution in [3.8, 4) is 11.4 Å². The van der Waals surface area contributed by atoms with E-state index in [2.05, 4.69) is 41.3 Å². The number of fused-ring (bicyclic) bond motifs is 6. The third kappa shape index (κ3) is 4.65. The van der Waals surface area contributed by atoms with E-state index in [4.69, 9.17) is 0 Å². The van der Waals surface area contributed by atoms with Crippen molar-refractivity contribution in [2.75, 3.05) is 4.90 Å². The van der Waals surface area contributed by atoms with E-state index in [-0.39, 0.29) is 0 Å². The molecule has 0 aliphatic heterocycles. The van der Waals surface area contributed by atoms with E-state index >= 15 is 0 Å². The smallest absolute Gasteiger partial charge is 0.160 e. The highest BCUT2D eigenvalue weighted by Gasteiger charge is 2.20. The molecule has 0 bridgehead atoms. The van der Waals surface area contributed by atoms with Crippen LogP contribution in [-0.2, 0) is 0 Å². The number of rotatable bonds is 5. The Hall–Kier alpha value is -6.34. The molecule has 0 N–H and O–H groups in total. The number of aryl methyl sites for hydroxylation is 1. The van der Waals surface area contributed by atoms with Crippen LogP contribution in [0.15, 0.2) is 146 Å². The summed E-state index contributed by atoms with van der Waals surface area (Å²) in [4.78, 5) is 2.19. The summed E-state index contributed by atoms with van der Waals surface area (Å²) in [5, 5.41) is 3.86. The van der Waals surface area contributed by atoms with Crippen molar-refractivity contribution in [3.63, 3.8) is 0 Å². The molecule has 2 heterocycles. The molecule has 0 atom stereocenters. The third-order valence-corrected chi connectivity index (χ3v) is 9.44. The largest absolute Gasteiger partial charge is 0.310 e. The van der Waals surface area contributed by atoms with E-state index < -0.39 is 23.3 Å². The molecule has 0 aliphatic carbocycles. The number of nitrogens with zero attached hydrogens (tertiary/aromatic N) is 3. The average molecular weight is 662 g/mol. The molecule has 0 radical (unpaired) electrons. The van der Waals surface area contributed by atoms with Crippen molar-refractivity contribution in [2.45, 2.75) is 6.92 Å². The van der Waals surface area contributed by atoms with Gasteiger partial charge < -0.3 is 14.0 Å². The quantitative estimate of drug-likeness (QED) is 0.167. The van der Waals surface area contributed by atoms with Gasteiger partial charge in [0.2, 0.25) is 0 Å². The molecule has 2 aromatic heterocycles. The van der Waals surface area contributed by atoms with Crippen LogP contribution in [0.3, 0.4) is 0 Å². The average Bonchev–Trinajstić information content (AvgIpc) is 3.64. The second-order valence-corrected chi connectivity index (χ2v) is 12.5. The first-order valence-electron chi connectivity index (χ1n) is 16.2. The Morgan fingerprint density at radius 3 is 1.26 bits per heavy atom. The number of para-hydroxylation sites is 2. The fraction of sp³-hybridized carbons (Fsp3) is 0.0233. The lowest BCUT2D eigenvalue weighted by Crippen LogP contribution is -2.10. The van der Waals surface area contributed by atoms with Crippen molar-refractivity contribution in [2.24, 2.45) is 0 Å². The fourth-order valence-electron chi connectivity index (χ4n) is 7.15. The highest BCUT2D eigenvalue weighted by molar-refractivity contribution is 6.12. The molecule has 3 nitrogen and oxygen atoms in total. The fourth-order valence-corrected chi connectivity index (χ4v) is 7.15. The maximum Gasteiger partial charge on any atom is 0.160 e. The zero-order chi connectivity index (χ0) is 34.1. The highest BCUT2D eigenvalue weighted by atomic mass is 19.2. The lowest BCUT2D eigenvalue weighted by Gasteiger charge is -2.26. The van der Waals surface area contributed by atoms with Crippen LogP contribution in [0, 0.1) is 30.2 Å². The first-order valence-corrected chi connectivity index (χ1v) is 16.2. The Morgan fingerprint density at radius 2 is 0.800 bits per heavy atom. The number of anilines is 3. The normalized spacial score (nSPS) is 11.7. The van der Waals surface area contributed by atoms with Gasteiger partial charge in [0.1, 0.15) is 0 Å². The van der Waals surface area contributed by atoms with Gasteiger partial charge in [0.25, 0.3) is 0 Å². The summed E-state index contributed by atoms with van der Waals surface area (Å²) >= 11 is 0. The molecule has 9 aromatic rings. The van der Waals surface area contributed by atoms with Crippen LogP contribution in [0.25, 0.3) is 55.0 Å². The number of hydrogen-bond donors (Lipinski definition) is 0. The number of halogens is 4. The van der Waals surface area contributed by atoms with Crippen LogP contribution in [0.5, 0.6) is 0 Å². The van der Waals surface area contributed by atoms with Crippen LogP contribution < -0.4 is 4.90 Å². The molecule has 0 saturated heterocycles. The first kappa shape index (κ1) is 29.8. The van der Waals surface area contributed by atoms with Gasteiger partial charge in [-0.15, -0.1) is 0 Å². The van der Waals surface area contributed by atoms with Gasteiger partial charge in [-0.25, -0.2) is 17.6 Å². The maximum atomic E-state index is 14.5. The zero-order valence-electron chi connectivity index (χ0n) is 26.7. The molecule has 7 aromatic carbocycles. The summed E-state index contributed by atoms with van der Waals surface area (Å²) in [5.74, 6) is -3.60. The summed E-state index contributed by atoms with van der Waals surface area (Å²) < 4.78 is 60.7. The zero-order valence-corrected chi connectivity index (χ0v) is 26.7. The monoisotopic (exact) mass is 661 g/mol. The summed E-state index contributed by atoms with van der Waals surface area (Å²) in [7, 11) is 0. The van der Waals surface area contributed by atoms with Crippen LogP contribution >= 0.6 is 0 Å². The summed E-state index contributed by atoms with van der Waals surface area (Å²) in [6.07, 6.45) is 0. The maximum absolute atomic E-state index is 14.5. The van der Waals surface area contributed by atoms with Crippen molar-refractivity contribution >= 4 is 60.7 Å². The number of benzene rings is 7. The molecule has 242 valence electrons. The summed E-state index contributed by atoms with van der Waals surface area (Å²) in [6.45, 7) is 2.05. The second-order valence-electron chi connectivity index (χ2n) is 12.5. The third-order valence-electron chi connectivity index (χ3n) is 9.44. The standard InChI is InChI=1S/C43H27F4N3/c1-26-10-12-27(13-11-26)48(28-16-20-42-34(22-28)32-6-2-4-8-40(32)49(42)30-14-18-36(44)38(46)24-30)29-17-21-43-35(23-29)33-7-3-5-9-41(33)50(43)31-15-19-37(45)39(47)25-31/h2-25H,1H3. The molecule has 0 unspecified atom stereocenters. The first-order chi connectivity index (χ1) is 24.4. The van der Waals surface area contributed by atoms with Gasteiger partial charge in [0.05, 0.1) is 22.1 Å². The van der Waals surface area contributed by atoms with Gasteiger partial charge in [0.15, 0.2) is 23.3 Å². The van der Waals surface area contributed by atoms with E-state index in [0.717, 1.165) is 78.4 Å². The van der Waals surface area contributed by atoms with Gasteiger partial charge >= 0.3 is 0 Å². The number of aromatic nitrogens is 2. The van der Waals surface area contributed by atoms with Crippen LogP contribution in [0.2, 0.25) is 0 Å². The van der Waals surface area contributed by atoms with E-state index in [9.17, 15) is 17.6 Å². The number of hydrogen-bond acceptors (Lipinski definition) is 1. The molecular formula is C43H27F4N3. The van der Waals surface area contributed by atoms with E-state index in [0.29, 0.717) is 11.4 Å². The summed E-state index contributed by atoms with van der Waals surface area (Å²) in [5.41, 5.74) is 8.40. The molecule has 7 heteroatoms. The van der Waals surface area contributed by atoms with Crippen LogP contribution in [0.1, 0.15) is 5.56 Å². The van der Waals surface area contributed by atoms with Crippen LogP contribution in [-0.4, -0.2) is 9.13 Å². The molecule has 9 rings (SSSR count). The SMILES string of the molecule is Cc1ccc(N(c2ccc3c(c2)c2ccccc2n3-c2ccc(F)c(F)c2)c2ccc3c(c2)c2ccccc2n3-c2ccc(F)c(F)c2)cc1. The minimum absolute atomic E-state index is 0.529. The van der Waals surface area contributed by atoms with Gasteiger partial charge in [-0.2, -0.15) is 0 Å². The molecule has 0 spiro atoms. The van der Waals surface area contributed by atoms with Gasteiger partial charge in [0, 0.05) is 62.1 Å². The minimum atomic E-state index is -0.906. The second kappa shape index (κ2) is 11.4. The van der Waals surface area contributed by atoms with Crippen molar-refractivity contribution in [1.82, 2.24) is 9.13 Å². The summed E-state index contributed by atoms with van der Waals surface area (Å²) in [6, 6.07) is 44.4. The van der Waals surface area contributed by atoms with Gasteiger partial charge in [-0.05, 0) is 91.9 Å². The van der Waals surface area contributed by atoms with Crippen molar-refractivity contribution in [3.05, 3.63) is 174 Å². The topological polar surface area (TPSA) is 13.1 Å². The highest BCUT2D eigenvalue weighted by Crippen LogP contribution is 2.42. The molecule has 0 fully saturated rings. The lowest BCUT2D eigenvalue weighted by molar-refractivity contribution is 0.508. The molecule has 0 saturated carbocycles. The molecule has 0 aliphatic rings. The predicted octanol–water partition coefficient (Wildman–Crippen LogP) is 12.2. The molecular weight excluding hydrogens is 634 g/mol. The van der Waals surface area contributed by atoms with E-state index in [1.165, 1.54) is 12.1 Å². The Balaban J connectivity index is 1.27. The molecule has 0 amide bonds. The minimum Gasteiger partial charge on any atom is -0.310 e.